The van der Waals surface area contributed by atoms with Crippen molar-refractivity contribution >= 4 is 11.5 Å². The first-order chi connectivity index (χ1) is 10.0. The van der Waals surface area contributed by atoms with Gasteiger partial charge in [-0.3, -0.25) is 14.9 Å². The maximum absolute atomic E-state index is 12.2. The molecule has 0 fully saturated rings. The first-order valence-corrected chi connectivity index (χ1v) is 6.42. The normalized spacial score (nSPS) is 10.2. The molecule has 0 unspecified atom stereocenters. The number of ketones is 1. The lowest BCUT2D eigenvalue weighted by molar-refractivity contribution is -0.384. The molecule has 0 spiro atoms. The minimum absolute atomic E-state index is 0.00173. The number of ether oxygens (including phenoxy) is 1. The van der Waals surface area contributed by atoms with Crippen LogP contribution in [0.5, 0.6) is 5.75 Å². The maximum atomic E-state index is 12.2. The second-order valence-corrected chi connectivity index (χ2v) is 4.70. The number of nitrogens with zero attached hydrogens (tertiary/aromatic N) is 1. The third-order valence-corrected chi connectivity index (χ3v) is 3.31. The summed E-state index contributed by atoms with van der Waals surface area (Å²) in [5, 5.41) is 10.8. The van der Waals surface area contributed by atoms with Crippen LogP contribution >= 0.6 is 0 Å². The van der Waals surface area contributed by atoms with Gasteiger partial charge >= 0.3 is 0 Å². The summed E-state index contributed by atoms with van der Waals surface area (Å²) in [4.78, 5) is 22.6. The van der Waals surface area contributed by atoms with Gasteiger partial charge < -0.3 is 4.74 Å². The molecule has 0 saturated heterocycles. The predicted octanol–water partition coefficient (Wildman–Crippen LogP) is 3.34. The molecule has 0 saturated carbocycles. The lowest BCUT2D eigenvalue weighted by atomic mass is 9.99. The third kappa shape index (κ3) is 3.45. The van der Waals surface area contributed by atoms with Gasteiger partial charge in [-0.15, -0.1) is 0 Å². The van der Waals surface area contributed by atoms with E-state index < -0.39 is 4.92 Å². The van der Waals surface area contributed by atoms with Gasteiger partial charge in [-0.2, -0.15) is 0 Å². The second kappa shape index (κ2) is 6.17. The summed E-state index contributed by atoms with van der Waals surface area (Å²) < 4.78 is 5.04. The van der Waals surface area contributed by atoms with Crippen LogP contribution in [0.3, 0.4) is 0 Å². The molecule has 0 atom stereocenters. The molecule has 2 rings (SSSR count). The highest BCUT2D eigenvalue weighted by atomic mass is 16.6. The number of nitro groups is 1. The number of carbonyl (C=O) groups is 1. The monoisotopic (exact) mass is 285 g/mol. The molecule has 21 heavy (non-hydrogen) atoms. The van der Waals surface area contributed by atoms with Crippen LogP contribution in [-0.2, 0) is 6.42 Å². The average molecular weight is 285 g/mol. The minimum Gasteiger partial charge on any atom is -0.497 e. The van der Waals surface area contributed by atoms with Gasteiger partial charge in [-0.1, -0.05) is 6.07 Å². The Labute approximate surface area is 122 Å². The van der Waals surface area contributed by atoms with Crippen molar-refractivity contribution in [1.82, 2.24) is 0 Å². The summed E-state index contributed by atoms with van der Waals surface area (Å²) in [7, 11) is 1.56. The van der Waals surface area contributed by atoms with Crippen LogP contribution < -0.4 is 4.74 Å². The number of benzene rings is 2. The zero-order valence-electron chi connectivity index (χ0n) is 11.8. The van der Waals surface area contributed by atoms with E-state index in [0.717, 1.165) is 5.56 Å². The number of carbonyl (C=O) groups excluding carboxylic acids is 1. The van der Waals surface area contributed by atoms with Gasteiger partial charge in [0.1, 0.15) is 5.75 Å². The molecule has 0 aliphatic heterocycles. The molecule has 5 nitrogen and oxygen atoms in total. The number of methoxy groups -OCH3 is 1. The molecular weight excluding hydrogens is 270 g/mol. The molecule has 0 aliphatic rings. The van der Waals surface area contributed by atoms with E-state index in [4.69, 9.17) is 4.74 Å². The molecule has 0 amide bonds. The molecule has 108 valence electrons. The molecule has 2 aromatic carbocycles. The first-order valence-electron chi connectivity index (χ1n) is 6.42. The predicted molar refractivity (Wildman–Crippen MR) is 78.9 cm³/mol. The van der Waals surface area contributed by atoms with Crippen LogP contribution in [0.2, 0.25) is 0 Å². The van der Waals surface area contributed by atoms with Gasteiger partial charge in [0.05, 0.1) is 12.0 Å². The summed E-state index contributed by atoms with van der Waals surface area (Å²) in [6, 6.07) is 11.4. The zero-order valence-corrected chi connectivity index (χ0v) is 11.8. The van der Waals surface area contributed by atoms with Gasteiger partial charge in [0.25, 0.3) is 5.69 Å². The standard InChI is InChI=1S/C16H15NO4/c1-11-3-6-14(17(19)20)9-13(11)10-16(18)12-4-7-15(21-2)8-5-12/h3-9H,10H2,1-2H3. The van der Waals surface area contributed by atoms with Crippen LogP contribution in [-0.4, -0.2) is 17.8 Å². The molecule has 0 N–H and O–H groups in total. The summed E-state index contributed by atoms with van der Waals surface area (Å²) in [6.45, 7) is 1.83. The molecule has 0 aromatic heterocycles. The number of aryl methyl sites for hydroxylation is 1. The van der Waals surface area contributed by atoms with Crippen molar-refractivity contribution in [3.63, 3.8) is 0 Å². The Hall–Kier alpha value is -2.69. The Morgan fingerprint density at radius 3 is 2.43 bits per heavy atom. The number of hydrogen-bond acceptors (Lipinski definition) is 4. The van der Waals surface area contributed by atoms with Gasteiger partial charge in [0, 0.05) is 24.1 Å². The van der Waals surface area contributed by atoms with Gasteiger partial charge in [-0.25, -0.2) is 0 Å². The number of nitro benzene ring substituents is 1. The fraction of sp³-hybridized carbons (Fsp3) is 0.188. The van der Waals surface area contributed by atoms with Crippen LogP contribution in [0.25, 0.3) is 0 Å². The van der Waals surface area contributed by atoms with Crippen LogP contribution in [0.15, 0.2) is 42.5 Å². The van der Waals surface area contributed by atoms with E-state index in [1.807, 2.05) is 6.92 Å². The fourth-order valence-corrected chi connectivity index (χ4v) is 2.01. The minimum atomic E-state index is -0.458. The van der Waals surface area contributed by atoms with E-state index >= 15 is 0 Å². The molecule has 0 bridgehead atoms. The van der Waals surface area contributed by atoms with Crippen LogP contribution in [0, 0.1) is 17.0 Å². The number of non-ortho nitro benzene ring substituents is 1. The molecule has 0 aliphatic carbocycles. The van der Waals surface area contributed by atoms with Crippen molar-refractivity contribution in [1.29, 1.82) is 0 Å². The average Bonchev–Trinajstić information content (AvgIpc) is 2.49. The molecule has 0 radical (unpaired) electrons. The summed E-state index contributed by atoms with van der Waals surface area (Å²) in [6.07, 6.45) is 0.139. The summed E-state index contributed by atoms with van der Waals surface area (Å²) >= 11 is 0. The molecule has 0 heterocycles. The van der Waals surface area contributed by atoms with Crippen molar-refractivity contribution < 1.29 is 14.5 Å². The van der Waals surface area contributed by atoms with E-state index in [0.29, 0.717) is 16.9 Å². The quantitative estimate of drug-likeness (QED) is 0.480. The van der Waals surface area contributed by atoms with Crippen molar-refractivity contribution in [2.24, 2.45) is 0 Å². The topological polar surface area (TPSA) is 69.4 Å². The van der Waals surface area contributed by atoms with Crippen molar-refractivity contribution in [2.45, 2.75) is 13.3 Å². The summed E-state index contributed by atoms with van der Waals surface area (Å²) in [5.74, 6) is 0.597. The summed E-state index contributed by atoms with van der Waals surface area (Å²) in [5.41, 5.74) is 2.09. The smallest absolute Gasteiger partial charge is 0.269 e. The van der Waals surface area contributed by atoms with Gasteiger partial charge in [0.15, 0.2) is 5.78 Å². The lowest BCUT2D eigenvalue weighted by Gasteiger charge is -2.06. The fourth-order valence-electron chi connectivity index (χ4n) is 2.01. The SMILES string of the molecule is COc1ccc(C(=O)Cc2cc([N+](=O)[O-])ccc2C)cc1. The number of rotatable bonds is 5. The first kappa shape index (κ1) is 14.7. The van der Waals surface area contributed by atoms with E-state index in [1.54, 1.807) is 37.4 Å². The number of hydrogen-bond donors (Lipinski definition) is 0. The largest absolute Gasteiger partial charge is 0.497 e. The van der Waals surface area contributed by atoms with Gasteiger partial charge in [-0.05, 0) is 42.3 Å². The Morgan fingerprint density at radius 2 is 1.86 bits per heavy atom. The third-order valence-electron chi connectivity index (χ3n) is 3.31. The Kier molecular flexibility index (Phi) is 4.33. The van der Waals surface area contributed by atoms with Crippen LogP contribution in [0.4, 0.5) is 5.69 Å². The van der Waals surface area contributed by atoms with Crippen molar-refractivity contribution in [2.75, 3.05) is 7.11 Å². The highest BCUT2D eigenvalue weighted by Gasteiger charge is 2.13. The Balaban J connectivity index is 2.22. The lowest BCUT2D eigenvalue weighted by Crippen LogP contribution is -2.05. The molecule has 5 heteroatoms. The van der Waals surface area contributed by atoms with Gasteiger partial charge in [0.2, 0.25) is 0 Å². The van der Waals surface area contributed by atoms with Crippen LogP contribution in [0.1, 0.15) is 21.5 Å². The van der Waals surface area contributed by atoms with Crippen molar-refractivity contribution in [3.8, 4) is 5.75 Å². The number of Topliss-reactive ketones (excluding diaryl/α,β-unsaturated/α-hetero) is 1. The Morgan fingerprint density at radius 1 is 1.19 bits per heavy atom. The van der Waals surface area contributed by atoms with E-state index in [9.17, 15) is 14.9 Å². The zero-order chi connectivity index (χ0) is 15.4. The molecule has 2 aromatic rings. The molecular formula is C16H15NO4. The highest BCUT2D eigenvalue weighted by Crippen LogP contribution is 2.20. The highest BCUT2D eigenvalue weighted by molar-refractivity contribution is 5.97. The second-order valence-electron chi connectivity index (χ2n) is 4.70. The van der Waals surface area contributed by atoms with E-state index in [-0.39, 0.29) is 17.9 Å². The van der Waals surface area contributed by atoms with E-state index in [1.165, 1.54) is 12.1 Å². The van der Waals surface area contributed by atoms with E-state index in [2.05, 4.69) is 0 Å². The Bertz CT molecular complexity index is 677. The van der Waals surface area contributed by atoms with Crippen molar-refractivity contribution in [3.05, 3.63) is 69.3 Å². The maximum Gasteiger partial charge on any atom is 0.269 e.